The number of nitrogens with one attached hydrogen (secondary N) is 1. The van der Waals surface area contributed by atoms with E-state index in [0.717, 1.165) is 29.5 Å². The van der Waals surface area contributed by atoms with E-state index < -0.39 is 15.7 Å². The van der Waals surface area contributed by atoms with Crippen LogP contribution < -0.4 is 10.1 Å². The highest BCUT2D eigenvalue weighted by Crippen LogP contribution is 2.35. The summed E-state index contributed by atoms with van der Waals surface area (Å²) in [6.45, 7) is 2.39. The third-order valence-corrected chi connectivity index (χ3v) is 9.20. The molecule has 3 heterocycles. The molecule has 0 radical (unpaired) electrons. The summed E-state index contributed by atoms with van der Waals surface area (Å²) >= 11 is 0. The van der Waals surface area contributed by atoms with Crippen LogP contribution in [0, 0.1) is 24.6 Å². The zero-order valence-electron chi connectivity index (χ0n) is 21.6. The number of anilines is 1. The molecule has 0 bridgehead atoms. The number of Topliss-reactive ketones (excluding diaryl/α,β-unsaturated/α-hetero) is 1. The third kappa shape index (κ3) is 5.66. The number of ether oxygens (including phenoxy) is 1. The number of hydrogen-bond acceptors (Lipinski definition) is 7. The minimum atomic E-state index is -3.00. The minimum absolute atomic E-state index is 0.00592. The van der Waals surface area contributed by atoms with E-state index in [1.54, 1.807) is 28.9 Å². The smallest absolute Gasteiger partial charge is 0.239 e. The number of sulfone groups is 1. The molecule has 6 rings (SSSR count). The van der Waals surface area contributed by atoms with Crippen molar-refractivity contribution in [2.24, 2.45) is 11.8 Å². The number of benzene rings is 2. The summed E-state index contributed by atoms with van der Waals surface area (Å²) in [7, 11) is -3.00. The van der Waals surface area contributed by atoms with Gasteiger partial charge in [0.2, 0.25) is 5.88 Å². The van der Waals surface area contributed by atoms with Crippen LogP contribution in [0.4, 0.5) is 10.1 Å². The Morgan fingerprint density at radius 2 is 1.97 bits per heavy atom. The highest BCUT2D eigenvalue weighted by molar-refractivity contribution is 7.91. The van der Waals surface area contributed by atoms with E-state index in [-0.39, 0.29) is 29.1 Å². The van der Waals surface area contributed by atoms with Gasteiger partial charge in [-0.05, 0) is 61.8 Å². The van der Waals surface area contributed by atoms with Gasteiger partial charge < -0.3 is 10.1 Å². The molecule has 2 aliphatic rings. The van der Waals surface area contributed by atoms with Crippen molar-refractivity contribution < 1.29 is 22.3 Å². The maximum atomic E-state index is 13.8. The normalized spacial score (nSPS) is 18.4. The van der Waals surface area contributed by atoms with E-state index in [9.17, 15) is 17.6 Å². The molecular formula is C29H29FN4O4S. The number of rotatable bonds is 9. The van der Waals surface area contributed by atoms with Crippen LogP contribution in [-0.2, 0) is 9.84 Å². The van der Waals surface area contributed by atoms with E-state index in [1.807, 2.05) is 25.1 Å². The number of carbonyl (C=O) groups excluding carboxylic acids is 1. The lowest BCUT2D eigenvalue weighted by atomic mass is 9.98. The molecule has 39 heavy (non-hydrogen) atoms. The monoisotopic (exact) mass is 548 g/mol. The predicted octanol–water partition coefficient (Wildman–Crippen LogP) is 5.47. The van der Waals surface area contributed by atoms with Gasteiger partial charge in [-0.25, -0.2) is 22.3 Å². The predicted molar refractivity (Wildman–Crippen MR) is 147 cm³/mol. The van der Waals surface area contributed by atoms with Gasteiger partial charge in [-0.2, -0.15) is 0 Å². The van der Waals surface area contributed by atoms with Gasteiger partial charge in [0.25, 0.3) is 0 Å². The van der Waals surface area contributed by atoms with Crippen molar-refractivity contribution in [3.8, 4) is 22.9 Å². The number of hydrogen-bond donors (Lipinski definition) is 1. The van der Waals surface area contributed by atoms with Gasteiger partial charge in [-0.3, -0.25) is 4.79 Å². The molecule has 2 aromatic carbocycles. The highest BCUT2D eigenvalue weighted by Gasteiger charge is 2.28. The summed E-state index contributed by atoms with van der Waals surface area (Å²) in [5.41, 5.74) is 4.33. The zero-order chi connectivity index (χ0) is 27.1. The molecule has 1 atom stereocenters. The molecule has 1 saturated heterocycles. The van der Waals surface area contributed by atoms with E-state index in [4.69, 9.17) is 4.74 Å². The van der Waals surface area contributed by atoms with Crippen LogP contribution in [0.15, 0.2) is 54.7 Å². The number of aryl methyl sites for hydroxylation is 1. The van der Waals surface area contributed by atoms with Gasteiger partial charge in [-0.15, -0.1) is 5.10 Å². The van der Waals surface area contributed by atoms with Crippen LogP contribution in [-0.4, -0.2) is 46.8 Å². The number of halogens is 1. The van der Waals surface area contributed by atoms with Crippen LogP contribution >= 0.6 is 0 Å². The Morgan fingerprint density at radius 3 is 2.69 bits per heavy atom. The Labute approximate surface area is 226 Å². The highest BCUT2D eigenvalue weighted by atomic mass is 32.2. The van der Waals surface area contributed by atoms with Crippen LogP contribution in [0.3, 0.4) is 0 Å². The van der Waals surface area contributed by atoms with Crippen molar-refractivity contribution in [1.29, 1.82) is 0 Å². The second kappa shape index (κ2) is 10.1. The van der Waals surface area contributed by atoms with Crippen molar-refractivity contribution in [3.63, 3.8) is 0 Å². The lowest BCUT2D eigenvalue weighted by molar-refractivity contribution is 0.0975. The van der Waals surface area contributed by atoms with E-state index in [0.29, 0.717) is 48.1 Å². The number of aromatic nitrogens is 3. The summed E-state index contributed by atoms with van der Waals surface area (Å²) < 4.78 is 45.2. The Hall–Kier alpha value is -3.79. The number of fused-ring (bicyclic) bond motifs is 1. The van der Waals surface area contributed by atoms with Gasteiger partial charge in [-0.1, -0.05) is 18.2 Å². The third-order valence-electron chi connectivity index (χ3n) is 7.37. The number of carbonyl (C=O) groups is 1. The molecule has 1 saturated carbocycles. The Balaban J connectivity index is 1.35. The Kier molecular flexibility index (Phi) is 6.58. The molecule has 1 unspecified atom stereocenters. The summed E-state index contributed by atoms with van der Waals surface area (Å²) in [6, 6.07) is 13.2. The van der Waals surface area contributed by atoms with Crippen LogP contribution in [0.1, 0.15) is 41.6 Å². The minimum Gasteiger partial charge on any atom is -0.437 e. The first-order valence-electron chi connectivity index (χ1n) is 13.1. The van der Waals surface area contributed by atoms with Crippen molar-refractivity contribution in [2.75, 3.05) is 23.4 Å². The fourth-order valence-electron chi connectivity index (χ4n) is 5.09. The fraction of sp³-hybridized carbons (Fsp3) is 0.345. The molecule has 202 valence electrons. The Morgan fingerprint density at radius 1 is 1.13 bits per heavy atom. The average Bonchev–Trinajstić information content (AvgIpc) is 3.48. The first-order valence-corrected chi connectivity index (χ1v) is 15.0. The van der Waals surface area contributed by atoms with Crippen LogP contribution in [0.5, 0.6) is 11.6 Å². The number of nitrogens with zero attached hydrogens (tertiary/aromatic N) is 3. The molecule has 2 fully saturated rings. The molecule has 8 nitrogen and oxygen atoms in total. The van der Waals surface area contributed by atoms with Gasteiger partial charge in [0.15, 0.2) is 21.3 Å². The molecule has 1 aliphatic heterocycles. The van der Waals surface area contributed by atoms with Gasteiger partial charge in [0, 0.05) is 36.2 Å². The molecule has 0 spiro atoms. The molecular weight excluding hydrogens is 519 g/mol. The topological polar surface area (TPSA) is 103 Å². The molecule has 2 aromatic heterocycles. The maximum absolute atomic E-state index is 13.8. The van der Waals surface area contributed by atoms with E-state index in [1.165, 1.54) is 12.1 Å². The summed E-state index contributed by atoms with van der Waals surface area (Å²) in [4.78, 5) is 17.3. The second-order valence-corrected chi connectivity index (χ2v) is 12.8. The lowest BCUT2D eigenvalue weighted by Crippen LogP contribution is -2.16. The first kappa shape index (κ1) is 25.5. The molecule has 4 aromatic rings. The maximum Gasteiger partial charge on any atom is 0.239 e. The summed E-state index contributed by atoms with van der Waals surface area (Å²) in [5.74, 6) is 1.13. The molecule has 10 heteroatoms. The zero-order valence-corrected chi connectivity index (χ0v) is 22.4. The van der Waals surface area contributed by atoms with Gasteiger partial charge in [0.1, 0.15) is 11.6 Å². The summed E-state index contributed by atoms with van der Waals surface area (Å²) in [5, 5.41) is 7.98. The first-order chi connectivity index (χ1) is 18.7. The summed E-state index contributed by atoms with van der Waals surface area (Å²) in [6.07, 6.45) is 5.16. The van der Waals surface area contributed by atoms with Crippen molar-refractivity contribution in [2.45, 2.75) is 32.6 Å². The van der Waals surface area contributed by atoms with Crippen LogP contribution in [0.25, 0.3) is 16.9 Å². The quantitative estimate of drug-likeness (QED) is 0.277. The average molecular weight is 549 g/mol. The van der Waals surface area contributed by atoms with Gasteiger partial charge in [0.05, 0.1) is 29.1 Å². The second-order valence-electron chi connectivity index (χ2n) is 10.6. The van der Waals surface area contributed by atoms with Crippen molar-refractivity contribution >= 4 is 27.0 Å². The van der Waals surface area contributed by atoms with Crippen molar-refractivity contribution in [3.05, 3.63) is 71.7 Å². The largest absolute Gasteiger partial charge is 0.437 e. The van der Waals surface area contributed by atoms with Crippen molar-refractivity contribution in [1.82, 2.24) is 14.6 Å². The lowest BCUT2D eigenvalue weighted by Gasteiger charge is -2.14. The fourth-order valence-corrected chi connectivity index (χ4v) is 6.95. The molecule has 1 N–H and O–H groups in total. The van der Waals surface area contributed by atoms with E-state index >= 15 is 0 Å². The molecule has 1 aliphatic carbocycles. The Bertz CT molecular complexity index is 1680. The molecule has 0 amide bonds. The standard InChI is InChI=1S/C29H29FN4O4S/c1-18-11-21(7-8-24(18)27(35)12-19-5-6-19)26-16-32-29-25(31-15-20-9-10-39(36,37)17-20)14-28(33-34(26)29)38-23-4-2-3-22(30)13-23/h2-4,7-8,11,13-14,16,19-20,31H,5-6,9-10,12,15,17H2,1H3. The SMILES string of the molecule is Cc1cc(-c2cnc3c(NCC4CCS(=O)(=O)C4)cc(Oc4cccc(F)c4)nn23)ccc1C(=O)CC1CC1. The van der Waals surface area contributed by atoms with E-state index in [2.05, 4.69) is 15.4 Å². The number of imidazole rings is 1. The van der Waals surface area contributed by atoms with Gasteiger partial charge >= 0.3 is 0 Å². The number of ketones is 1. The van der Waals surface area contributed by atoms with Crippen LogP contribution in [0.2, 0.25) is 0 Å².